The second-order valence-corrected chi connectivity index (χ2v) is 4.75. The van der Waals surface area contributed by atoms with E-state index in [1.807, 2.05) is 0 Å². The van der Waals surface area contributed by atoms with E-state index in [2.05, 4.69) is 26.1 Å². The Morgan fingerprint density at radius 2 is 1.76 bits per heavy atom. The lowest BCUT2D eigenvalue weighted by atomic mass is 10.2. The molecule has 0 heterocycles. The predicted molar refractivity (Wildman–Crippen MR) is 70.3 cm³/mol. The molecule has 0 bridgehead atoms. The first-order chi connectivity index (χ1) is 8.16. The van der Waals surface area contributed by atoms with Crippen LogP contribution >= 0.6 is 0 Å². The van der Waals surface area contributed by atoms with E-state index in [0.29, 0.717) is 32.3 Å². The first kappa shape index (κ1) is 16.8. The van der Waals surface area contributed by atoms with Crippen molar-refractivity contribution in [2.24, 2.45) is 5.92 Å². The maximum absolute atomic E-state index is 9.57. The lowest BCUT2D eigenvalue weighted by molar-refractivity contribution is 0.00382. The molecule has 0 spiro atoms. The Hall–Kier alpha value is -0.160. The average Bonchev–Trinajstić information content (AvgIpc) is 2.27. The summed E-state index contributed by atoms with van der Waals surface area (Å²) in [5.41, 5.74) is 0. The summed E-state index contributed by atoms with van der Waals surface area (Å²) in [6, 6.07) is 0. The minimum absolute atomic E-state index is 0.377. The van der Waals surface area contributed by atoms with Crippen LogP contribution in [-0.2, 0) is 9.47 Å². The Kier molecular flexibility index (Phi) is 12.2. The summed E-state index contributed by atoms with van der Waals surface area (Å²) >= 11 is 0. The second-order valence-electron chi connectivity index (χ2n) is 4.75. The summed E-state index contributed by atoms with van der Waals surface area (Å²) in [6.07, 6.45) is 1.83. The van der Waals surface area contributed by atoms with Gasteiger partial charge in [0.25, 0.3) is 0 Å². The summed E-state index contributed by atoms with van der Waals surface area (Å²) in [6.45, 7) is 10.3. The van der Waals surface area contributed by atoms with Gasteiger partial charge in [0.1, 0.15) is 0 Å². The maximum atomic E-state index is 9.57. The summed E-state index contributed by atoms with van der Waals surface area (Å²) in [7, 11) is 0. The number of nitrogens with one attached hydrogen (secondary N) is 1. The van der Waals surface area contributed by atoms with Crippen molar-refractivity contribution in [3.05, 3.63) is 0 Å². The third kappa shape index (κ3) is 13.8. The molecule has 4 nitrogen and oxygen atoms in total. The summed E-state index contributed by atoms with van der Waals surface area (Å²) in [5, 5.41) is 12.8. The molecule has 0 aliphatic rings. The van der Waals surface area contributed by atoms with Gasteiger partial charge in [-0.1, -0.05) is 27.2 Å². The number of rotatable bonds is 12. The molecule has 1 atom stereocenters. The van der Waals surface area contributed by atoms with E-state index in [0.717, 1.165) is 26.0 Å². The van der Waals surface area contributed by atoms with Crippen molar-refractivity contribution in [1.29, 1.82) is 0 Å². The van der Waals surface area contributed by atoms with Crippen molar-refractivity contribution in [2.45, 2.75) is 39.7 Å². The van der Waals surface area contributed by atoms with Crippen molar-refractivity contribution < 1.29 is 14.6 Å². The third-order valence-electron chi connectivity index (χ3n) is 2.26. The molecule has 0 fully saturated rings. The molecule has 0 aromatic heterocycles. The molecule has 0 rings (SSSR count). The lowest BCUT2D eigenvalue weighted by Gasteiger charge is -2.13. The molecular weight excluding hydrogens is 218 g/mol. The van der Waals surface area contributed by atoms with E-state index in [1.165, 1.54) is 0 Å². The molecule has 0 saturated heterocycles. The van der Waals surface area contributed by atoms with Gasteiger partial charge in [-0.15, -0.1) is 0 Å². The van der Waals surface area contributed by atoms with Gasteiger partial charge in [-0.25, -0.2) is 0 Å². The number of ether oxygens (including phenoxy) is 2. The number of hydrogen-bond acceptors (Lipinski definition) is 4. The second kappa shape index (κ2) is 12.3. The normalized spacial score (nSPS) is 13.2. The fourth-order valence-electron chi connectivity index (χ4n) is 1.28. The van der Waals surface area contributed by atoms with Crippen LogP contribution in [0.15, 0.2) is 0 Å². The van der Waals surface area contributed by atoms with Gasteiger partial charge in [-0.05, 0) is 18.9 Å². The summed E-state index contributed by atoms with van der Waals surface area (Å²) in [5.74, 6) is 0.607. The highest BCUT2D eigenvalue weighted by molar-refractivity contribution is 4.59. The van der Waals surface area contributed by atoms with Crippen LogP contribution in [0.5, 0.6) is 0 Å². The first-order valence-electron chi connectivity index (χ1n) is 6.71. The predicted octanol–water partition coefficient (Wildman–Crippen LogP) is 1.43. The van der Waals surface area contributed by atoms with Gasteiger partial charge >= 0.3 is 0 Å². The molecule has 0 aromatic carbocycles. The van der Waals surface area contributed by atoms with Crippen molar-refractivity contribution in [1.82, 2.24) is 5.32 Å². The Balaban J connectivity index is 3.13. The zero-order valence-corrected chi connectivity index (χ0v) is 11.6. The monoisotopic (exact) mass is 247 g/mol. The molecule has 0 amide bonds. The van der Waals surface area contributed by atoms with E-state index in [1.54, 1.807) is 0 Å². The molecule has 2 N–H and O–H groups in total. The zero-order valence-electron chi connectivity index (χ0n) is 11.6. The Morgan fingerprint density at radius 3 is 2.41 bits per heavy atom. The van der Waals surface area contributed by atoms with Gasteiger partial charge in [0.15, 0.2) is 0 Å². The molecule has 104 valence electrons. The van der Waals surface area contributed by atoms with Gasteiger partial charge in [0.2, 0.25) is 0 Å². The van der Waals surface area contributed by atoms with E-state index >= 15 is 0 Å². The van der Waals surface area contributed by atoms with Crippen molar-refractivity contribution in [3.8, 4) is 0 Å². The van der Waals surface area contributed by atoms with E-state index in [4.69, 9.17) is 9.47 Å². The zero-order chi connectivity index (χ0) is 12.9. The molecule has 17 heavy (non-hydrogen) atoms. The van der Waals surface area contributed by atoms with Gasteiger partial charge in [-0.3, -0.25) is 0 Å². The number of hydrogen-bond donors (Lipinski definition) is 2. The highest BCUT2D eigenvalue weighted by atomic mass is 16.5. The van der Waals surface area contributed by atoms with Gasteiger partial charge in [0.05, 0.1) is 25.9 Å². The maximum Gasteiger partial charge on any atom is 0.0897 e. The summed E-state index contributed by atoms with van der Waals surface area (Å²) < 4.78 is 10.7. The minimum atomic E-state index is -0.426. The Morgan fingerprint density at radius 1 is 1.06 bits per heavy atom. The third-order valence-corrected chi connectivity index (χ3v) is 2.26. The van der Waals surface area contributed by atoms with E-state index in [-0.39, 0.29) is 0 Å². The van der Waals surface area contributed by atoms with Gasteiger partial charge < -0.3 is 19.9 Å². The van der Waals surface area contributed by atoms with Crippen LogP contribution in [-0.4, -0.2) is 50.7 Å². The first-order valence-corrected chi connectivity index (χ1v) is 6.71. The molecule has 0 aromatic rings. The van der Waals surface area contributed by atoms with Crippen LogP contribution < -0.4 is 5.32 Å². The highest BCUT2D eigenvalue weighted by Gasteiger charge is 2.03. The lowest BCUT2D eigenvalue weighted by Crippen LogP contribution is -2.32. The standard InChI is InChI=1S/C13H29NO3/c1-4-5-6-16-7-8-17-11-13(15)10-14-9-12(2)3/h12-15H,4-11H2,1-3H3. The van der Waals surface area contributed by atoms with Crippen LogP contribution in [0.4, 0.5) is 0 Å². The van der Waals surface area contributed by atoms with E-state index < -0.39 is 6.10 Å². The molecule has 0 aliphatic heterocycles. The van der Waals surface area contributed by atoms with Crippen molar-refractivity contribution >= 4 is 0 Å². The quantitative estimate of drug-likeness (QED) is 0.512. The van der Waals surface area contributed by atoms with Crippen LogP contribution in [0.2, 0.25) is 0 Å². The van der Waals surface area contributed by atoms with E-state index in [9.17, 15) is 5.11 Å². The molecule has 0 radical (unpaired) electrons. The Bertz CT molecular complexity index is 154. The SMILES string of the molecule is CCCCOCCOCC(O)CNCC(C)C. The van der Waals surface area contributed by atoms with Crippen LogP contribution in [0.3, 0.4) is 0 Å². The van der Waals surface area contributed by atoms with Crippen LogP contribution in [0, 0.1) is 5.92 Å². The largest absolute Gasteiger partial charge is 0.389 e. The highest BCUT2D eigenvalue weighted by Crippen LogP contribution is 1.90. The van der Waals surface area contributed by atoms with Gasteiger partial charge in [0, 0.05) is 13.2 Å². The molecule has 1 unspecified atom stereocenters. The minimum Gasteiger partial charge on any atom is -0.389 e. The number of aliphatic hydroxyl groups excluding tert-OH is 1. The fraction of sp³-hybridized carbons (Fsp3) is 1.00. The Labute approximate surface area is 106 Å². The van der Waals surface area contributed by atoms with Crippen LogP contribution in [0.1, 0.15) is 33.6 Å². The molecule has 4 heteroatoms. The number of aliphatic hydroxyl groups is 1. The van der Waals surface area contributed by atoms with Crippen molar-refractivity contribution in [2.75, 3.05) is 39.5 Å². The topological polar surface area (TPSA) is 50.7 Å². The average molecular weight is 247 g/mol. The molecule has 0 aliphatic carbocycles. The van der Waals surface area contributed by atoms with Crippen LogP contribution in [0.25, 0.3) is 0 Å². The molecular formula is C13H29NO3. The fourth-order valence-corrected chi connectivity index (χ4v) is 1.28. The smallest absolute Gasteiger partial charge is 0.0897 e. The molecule has 0 saturated carbocycles. The van der Waals surface area contributed by atoms with Crippen molar-refractivity contribution in [3.63, 3.8) is 0 Å². The number of unbranched alkanes of at least 4 members (excludes halogenated alkanes) is 1. The van der Waals surface area contributed by atoms with Gasteiger partial charge in [-0.2, -0.15) is 0 Å². The summed E-state index contributed by atoms with van der Waals surface area (Å²) in [4.78, 5) is 0.